The van der Waals surface area contributed by atoms with Crippen molar-refractivity contribution >= 4 is 11.8 Å². The summed E-state index contributed by atoms with van der Waals surface area (Å²) >= 11 is 0. The standard InChI is InChI=1S/C17H18N2O4/c20-16(18-23-12-13-6-2-1-3-7-13)14-8-4-10-19(14)17(21)15-9-5-11-22-15/h1-3,5-7,9,11,14H,4,8,10,12H2,(H,18,20)/t14-/m1/s1. The van der Waals surface area contributed by atoms with Crippen molar-refractivity contribution in [3.8, 4) is 0 Å². The Balaban J connectivity index is 1.55. The molecule has 0 aliphatic carbocycles. The average molecular weight is 314 g/mol. The van der Waals surface area contributed by atoms with E-state index in [9.17, 15) is 9.59 Å². The molecule has 6 nitrogen and oxygen atoms in total. The van der Waals surface area contributed by atoms with Gasteiger partial charge in [-0.25, -0.2) is 5.48 Å². The summed E-state index contributed by atoms with van der Waals surface area (Å²) < 4.78 is 5.12. The molecule has 1 fully saturated rings. The molecule has 3 rings (SSSR count). The first-order valence-corrected chi connectivity index (χ1v) is 7.56. The summed E-state index contributed by atoms with van der Waals surface area (Å²) in [5, 5.41) is 0. The van der Waals surface area contributed by atoms with Crippen molar-refractivity contribution in [2.75, 3.05) is 6.54 Å². The molecule has 0 bridgehead atoms. The van der Waals surface area contributed by atoms with Gasteiger partial charge in [0, 0.05) is 6.54 Å². The Kier molecular flexibility index (Phi) is 4.73. The van der Waals surface area contributed by atoms with Gasteiger partial charge in [0.2, 0.25) is 0 Å². The maximum absolute atomic E-state index is 12.3. The van der Waals surface area contributed by atoms with Crippen molar-refractivity contribution < 1.29 is 18.8 Å². The van der Waals surface area contributed by atoms with Crippen molar-refractivity contribution in [1.82, 2.24) is 10.4 Å². The molecule has 1 aliphatic heterocycles. The Morgan fingerprint density at radius 3 is 2.78 bits per heavy atom. The monoisotopic (exact) mass is 314 g/mol. The third kappa shape index (κ3) is 3.60. The topological polar surface area (TPSA) is 71.8 Å². The fourth-order valence-electron chi connectivity index (χ4n) is 2.66. The van der Waals surface area contributed by atoms with Gasteiger partial charge in [-0.05, 0) is 30.5 Å². The quantitative estimate of drug-likeness (QED) is 0.858. The van der Waals surface area contributed by atoms with Crippen molar-refractivity contribution in [3.63, 3.8) is 0 Å². The summed E-state index contributed by atoms with van der Waals surface area (Å²) in [5.74, 6) is -0.330. The molecule has 0 radical (unpaired) electrons. The highest BCUT2D eigenvalue weighted by atomic mass is 16.6. The molecule has 120 valence electrons. The van der Waals surface area contributed by atoms with E-state index >= 15 is 0 Å². The Morgan fingerprint density at radius 1 is 1.22 bits per heavy atom. The Bertz CT molecular complexity index is 654. The molecular formula is C17H18N2O4. The Hall–Kier alpha value is -2.60. The smallest absolute Gasteiger partial charge is 0.290 e. The van der Waals surface area contributed by atoms with Crippen LogP contribution in [0.4, 0.5) is 0 Å². The van der Waals surface area contributed by atoms with Gasteiger partial charge in [0.15, 0.2) is 5.76 Å². The van der Waals surface area contributed by atoms with Crippen LogP contribution in [0.5, 0.6) is 0 Å². The molecule has 23 heavy (non-hydrogen) atoms. The zero-order valence-electron chi connectivity index (χ0n) is 12.6. The lowest BCUT2D eigenvalue weighted by Gasteiger charge is -2.22. The van der Waals surface area contributed by atoms with Gasteiger partial charge in [0.05, 0.1) is 12.9 Å². The van der Waals surface area contributed by atoms with E-state index in [2.05, 4.69) is 5.48 Å². The second-order valence-electron chi connectivity index (χ2n) is 5.37. The third-order valence-electron chi connectivity index (χ3n) is 3.80. The van der Waals surface area contributed by atoms with Crippen LogP contribution in [0, 0.1) is 0 Å². The second kappa shape index (κ2) is 7.11. The highest BCUT2D eigenvalue weighted by molar-refractivity contribution is 5.95. The molecule has 1 aromatic heterocycles. The molecule has 1 N–H and O–H groups in total. The fourth-order valence-corrected chi connectivity index (χ4v) is 2.66. The van der Waals surface area contributed by atoms with Gasteiger partial charge in [-0.3, -0.25) is 14.4 Å². The zero-order valence-corrected chi connectivity index (χ0v) is 12.6. The van der Waals surface area contributed by atoms with Crippen LogP contribution in [-0.4, -0.2) is 29.3 Å². The van der Waals surface area contributed by atoms with Crippen LogP contribution >= 0.6 is 0 Å². The van der Waals surface area contributed by atoms with Crippen LogP contribution in [0.3, 0.4) is 0 Å². The molecule has 6 heteroatoms. The normalized spacial score (nSPS) is 17.2. The zero-order chi connectivity index (χ0) is 16.1. The number of furan rings is 1. The predicted octanol–water partition coefficient (Wildman–Crippen LogP) is 2.13. The van der Waals surface area contributed by atoms with E-state index in [1.165, 1.54) is 11.2 Å². The largest absolute Gasteiger partial charge is 0.459 e. The van der Waals surface area contributed by atoms with Crippen LogP contribution in [0.25, 0.3) is 0 Å². The van der Waals surface area contributed by atoms with E-state index in [1.807, 2.05) is 30.3 Å². The van der Waals surface area contributed by atoms with E-state index < -0.39 is 6.04 Å². The number of carbonyl (C=O) groups is 2. The van der Waals surface area contributed by atoms with Crippen LogP contribution in [0.2, 0.25) is 0 Å². The maximum atomic E-state index is 12.3. The first kappa shape index (κ1) is 15.3. The van der Waals surface area contributed by atoms with Gasteiger partial charge in [0.25, 0.3) is 11.8 Å². The molecule has 1 aromatic carbocycles. The molecule has 0 saturated carbocycles. The summed E-state index contributed by atoms with van der Waals surface area (Å²) in [5.41, 5.74) is 3.40. The predicted molar refractivity (Wildman–Crippen MR) is 82.1 cm³/mol. The molecule has 2 heterocycles. The Morgan fingerprint density at radius 2 is 2.04 bits per heavy atom. The molecule has 1 atom stereocenters. The van der Waals surface area contributed by atoms with E-state index in [4.69, 9.17) is 9.25 Å². The van der Waals surface area contributed by atoms with Crippen LogP contribution in [-0.2, 0) is 16.2 Å². The average Bonchev–Trinajstić information content (AvgIpc) is 3.27. The van der Waals surface area contributed by atoms with Gasteiger partial charge in [-0.1, -0.05) is 30.3 Å². The summed E-state index contributed by atoms with van der Waals surface area (Å²) in [4.78, 5) is 31.4. The van der Waals surface area contributed by atoms with Crippen LogP contribution in [0.1, 0.15) is 29.0 Å². The molecule has 1 aliphatic rings. The van der Waals surface area contributed by atoms with Crippen LogP contribution < -0.4 is 5.48 Å². The van der Waals surface area contributed by atoms with Crippen molar-refractivity contribution in [1.29, 1.82) is 0 Å². The fraction of sp³-hybridized carbons (Fsp3) is 0.294. The maximum Gasteiger partial charge on any atom is 0.290 e. The number of amides is 2. The van der Waals surface area contributed by atoms with Gasteiger partial charge in [-0.15, -0.1) is 0 Å². The molecular weight excluding hydrogens is 296 g/mol. The highest BCUT2D eigenvalue weighted by Gasteiger charge is 2.35. The number of nitrogens with zero attached hydrogens (tertiary/aromatic N) is 1. The van der Waals surface area contributed by atoms with Crippen LogP contribution in [0.15, 0.2) is 53.1 Å². The van der Waals surface area contributed by atoms with Gasteiger partial charge in [-0.2, -0.15) is 0 Å². The van der Waals surface area contributed by atoms with Crippen molar-refractivity contribution in [2.45, 2.75) is 25.5 Å². The van der Waals surface area contributed by atoms with E-state index in [0.717, 1.165) is 12.0 Å². The lowest BCUT2D eigenvalue weighted by atomic mass is 10.2. The van der Waals surface area contributed by atoms with Crippen molar-refractivity contribution in [2.24, 2.45) is 0 Å². The number of benzene rings is 1. The summed E-state index contributed by atoms with van der Waals surface area (Å²) in [6, 6.07) is 12.3. The molecule has 0 unspecified atom stereocenters. The van der Waals surface area contributed by atoms with Gasteiger partial charge >= 0.3 is 0 Å². The number of nitrogens with one attached hydrogen (secondary N) is 1. The summed E-state index contributed by atoms with van der Waals surface area (Å²) in [7, 11) is 0. The molecule has 2 amide bonds. The molecule has 2 aromatic rings. The molecule has 1 saturated heterocycles. The third-order valence-corrected chi connectivity index (χ3v) is 3.80. The lowest BCUT2D eigenvalue weighted by molar-refractivity contribution is -0.138. The minimum atomic E-state index is -0.525. The number of hydrogen-bond donors (Lipinski definition) is 1. The number of rotatable bonds is 5. The number of likely N-dealkylation sites (tertiary alicyclic amines) is 1. The number of carbonyl (C=O) groups excluding carboxylic acids is 2. The minimum Gasteiger partial charge on any atom is -0.459 e. The van der Waals surface area contributed by atoms with E-state index in [1.54, 1.807) is 12.1 Å². The van der Waals surface area contributed by atoms with Gasteiger partial charge in [0.1, 0.15) is 6.04 Å². The van der Waals surface area contributed by atoms with E-state index in [0.29, 0.717) is 13.0 Å². The SMILES string of the molecule is O=C(NOCc1ccccc1)[C@H]1CCCN1C(=O)c1ccco1. The van der Waals surface area contributed by atoms with E-state index in [-0.39, 0.29) is 24.2 Å². The first-order chi connectivity index (χ1) is 11.3. The highest BCUT2D eigenvalue weighted by Crippen LogP contribution is 2.20. The number of hydrogen-bond acceptors (Lipinski definition) is 4. The summed E-state index contributed by atoms with van der Waals surface area (Å²) in [6.45, 7) is 0.821. The second-order valence-corrected chi connectivity index (χ2v) is 5.37. The summed E-state index contributed by atoms with van der Waals surface area (Å²) in [6.07, 6.45) is 2.84. The van der Waals surface area contributed by atoms with Gasteiger partial charge < -0.3 is 9.32 Å². The minimum absolute atomic E-state index is 0.245. The number of hydroxylamine groups is 1. The first-order valence-electron chi connectivity index (χ1n) is 7.56. The van der Waals surface area contributed by atoms with Crippen molar-refractivity contribution in [3.05, 3.63) is 60.1 Å². The molecule has 0 spiro atoms. The Labute approximate surface area is 134 Å². The lowest BCUT2D eigenvalue weighted by Crippen LogP contribution is -2.45.